The van der Waals surface area contributed by atoms with Crippen LogP contribution < -0.4 is 0 Å². The van der Waals surface area contributed by atoms with Crippen LogP contribution in [0.2, 0.25) is 0 Å². The fourth-order valence-electron chi connectivity index (χ4n) is 2.92. The predicted octanol–water partition coefficient (Wildman–Crippen LogP) is 4.72. The molecule has 0 saturated heterocycles. The molecule has 1 fully saturated rings. The number of esters is 1. The van der Waals surface area contributed by atoms with E-state index in [4.69, 9.17) is 4.74 Å². The SMILES string of the molecule is CC(C)(C)C=C1C=C(C(=O)OC2(C)CCCC2)C=CC1. The Bertz CT molecular complexity index is 466. The standard InChI is InChI=1S/C18H26O2/c1-17(2,3)13-14-8-7-9-15(12-14)16(19)20-18(4)10-5-6-11-18/h7,9,12-13H,5-6,8,10-11H2,1-4H3. The lowest BCUT2D eigenvalue weighted by Crippen LogP contribution is -2.28. The third-order valence-electron chi connectivity index (χ3n) is 3.85. The highest BCUT2D eigenvalue weighted by molar-refractivity contribution is 5.93. The average Bonchev–Trinajstić information content (AvgIpc) is 2.74. The van der Waals surface area contributed by atoms with Crippen LogP contribution in [0.4, 0.5) is 0 Å². The van der Waals surface area contributed by atoms with Gasteiger partial charge in [0.05, 0.1) is 5.57 Å². The minimum absolute atomic E-state index is 0.128. The molecule has 0 aromatic heterocycles. The van der Waals surface area contributed by atoms with Gasteiger partial charge in [-0.25, -0.2) is 4.79 Å². The number of ether oxygens (including phenoxy) is 1. The maximum absolute atomic E-state index is 12.3. The van der Waals surface area contributed by atoms with E-state index >= 15 is 0 Å². The lowest BCUT2D eigenvalue weighted by atomic mass is 9.90. The molecule has 0 N–H and O–H groups in total. The van der Waals surface area contributed by atoms with Crippen LogP contribution in [0.3, 0.4) is 0 Å². The van der Waals surface area contributed by atoms with Crippen LogP contribution in [0.25, 0.3) is 0 Å². The number of hydrogen-bond donors (Lipinski definition) is 0. The molecule has 0 amide bonds. The highest BCUT2D eigenvalue weighted by Gasteiger charge is 2.33. The summed E-state index contributed by atoms with van der Waals surface area (Å²) in [6.45, 7) is 8.56. The van der Waals surface area contributed by atoms with E-state index in [0.717, 1.165) is 32.1 Å². The molecule has 0 unspecified atom stereocenters. The van der Waals surface area contributed by atoms with E-state index in [2.05, 4.69) is 33.8 Å². The summed E-state index contributed by atoms with van der Waals surface area (Å²) in [6, 6.07) is 0. The molecule has 0 bridgehead atoms. The smallest absolute Gasteiger partial charge is 0.338 e. The Morgan fingerprint density at radius 1 is 1.30 bits per heavy atom. The van der Waals surface area contributed by atoms with E-state index in [1.165, 1.54) is 5.57 Å². The van der Waals surface area contributed by atoms with Crippen molar-refractivity contribution >= 4 is 5.97 Å². The van der Waals surface area contributed by atoms with Gasteiger partial charge in [0, 0.05) is 0 Å². The number of hydrogen-bond acceptors (Lipinski definition) is 2. The van der Waals surface area contributed by atoms with E-state index in [-0.39, 0.29) is 17.0 Å². The third-order valence-corrected chi connectivity index (χ3v) is 3.85. The summed E-state index contributed by atoms with van der Waals surface area (Å²) in [5.41, 5.74) is 1.75. The van der Waals surface area contributed by atoms with Crippen molar-refractivity contribution in [3.8, 4) is 0 Å². The first kappa shape index (κ1) is 15.1. The maximum atomic E-state index is 12.3. The number of rotatable bonds is 2. The predicted molar refractivity (Wildman–Crippen MR) is 82.3 cm³/mol. The Morgan fingerprint density at radius 3 is 2.55 bits per heavy atom. The van der Waals surface area contributed by atoms with E-state index in [1.54, 1.807) is 0 Å². The lowest BCUT2D eigenvalue weighted by molar-refractivity contribution is -0.152. The van der Waals surface area contributed by atoms with Crippen LogP contribution in [0.5, 0.6) is 0 Å². The van der Waals surface area contributed by atoms with Gasteiger partial charge in [-0.3, -0.25) is 0 Å². The summed E-state index contributed by atoms with van der Waals surface area (Å²) < 4.78 is 5.73. The largest absolute Gasteiger partial charge is 0.456 e. The zero-order chi connectivity index (χ0) is 14.8. The van der Waals surface area contributed by atoms with Crippen molar-refractivity contribution in [1.82, 2.24) is 0 Å². The lowest BCUT2D eigenvalue weighted by Gasteiger charge is -2.25. The summed E-state index contributed by atoms with van der Waals surface area (Å²) in [4.78, 5) is 12.3. The molecule has 0 aliphatic heterocycles. The van der Waals surface area contributed by atoms with Crippen LogP contribution in [0, 0.1) is 5.41 Å². The minimum atomic E-state index is -0.253. The summed E-state index contributed by atoms with van der Waals surface area (Å²) in [5, 5.41) is 0. The van der Waals surface area contributed by atoms with E-state index < -0.39 is 0 Å². The Kier molecular flexibility index (Phi) is 4.22. The second-order valence-corrected chi connectivity index (χ2v) is 7.34. The molecule has 0 radical (unpaired) electrons. The molecule has 2 heteroatoms. The molecule has 2 rings (SSSR count). The number of allylic oxidation sites excluding steroid dienone is 4. The summed E-state index contributed by atoms with van der Waals surface area (Å²) >= 11 is 0. The third kappa shape index (κ3) is 4.09. The van der Waals surface area contributed by atoms with Gasteiger partial charge in [-0.1, -0.05) is 39.0 Å². The molecule has 2 aliphatic rings. The molecule has 110 valence electrons. The molecule has 1 saturated carbocycles. The minimum Gasteiger partial charge on any atom is -0.456 e. The Hall–Kier alpha value is -1.31. The first-order valence-electron chi connectivity index (χ1n) is 7.61. The Balaban J connectivity index is 2.09. The van der Waals surface area contributed by atoms with Crippen LogP contribution in [-0.4, -0.2) is 11.6 Å². The summed E-state index contributed by atoms with van der Waals surface area (Å²) in [7, 11) is 0. The van der Waals surface area contributed by atoms with Crippen LogP contribution in [0.1, 0.15) is 59.8 Å². The summed E-state index contributed by atoms with van der Waals surface area (Å²) in [5.74, 6) is -0.176. The van der Waals surface area contributed by atoms with Crippen LogP contribution in [0.15, 0.2) is 35.5 Å². The number of carbonyl (C=O) groups is 1. The maximum Gasteiger partial charge on any atom is 0.338 e. The molecule has 2 aliphatic carbocycles. The Labute approximate surface area is 122 Å². The van der Waals surface area contributed by atoms with E-state index in [9.17, 15) is 4.79 Å². The average molecular weight is 274 g/mol. The van der Waals surface area contributed by atoms with Crippen molar-refractivity contribution < 1.29 is 9.53 Å². The van der Waals surface area contributed by atoms with Crippen molar-refractivity contribution in [1.29, 1.82) is 0 Å². The highest BCUT2D eigenvalue weighted by Crippen LogP contribution is 2.34. The second kappa shape index (κ2) is 5.59. The quantitative estimate of drug-likeness (QED) is 0.681. The number of carbonyl (C=O) groups excluding carboxylic acids is 1. The van der Waals surface area contributed by atoms with Gasteiger partial charge in [0.1, 0.15) is 5.60 Å². The van der Waals surface area contributed by atoms with Gasteiger partial charge in [0.2, 0.25) is 0 Å². The molecular formula is C18H26O2. The van der Waals surface area contributed by atoms with Crippen molar-refractivity contribution in [2.75, 3.05) is 0 Å². The monoisotopic (exact) mass is 274 g/mol. The second-order valence-electron chi connectivity index (χ2n) is 7.34. The van der Waals surface area contributed by atoms with Crippen molar-refractivity contribution in [3.05, 3.63) is 35.5 Å². The zero-order valence-corrected chi connectivity index (χ0v) is 13.2. The van der Waals surface area contributed by atoms with Gasteiger partial charge in [0.25, 0.3) is 0 Å². The van der Waals surface area contributed by atoms with E-state index in [0.29, 0.717) is 5.57 Å². The molecule has 0 aromatic rings. The normalized spacial score (nSPS) is 23.8. The van der Waals surface area contributed by atoms with Gasteiger partial charge < -0.3 is 4.74 Å². The topological polar surface area (TPSA) is 26.3 Å². The first-order valence-corrected chi connectivity index (χ1v) is 7.61. The van der Waals surface area contributed by atoms with Gasteiger partial charge >= 0.3 is 5.97 Å². The van der Waals surface area contributed by atoms with E-state index in [1.807, 2.05) is 18.2 Å². The highest BCUT2D eigenvalue weighted by atomic mass is 16.6. The Morgan fingerprint density at radius 2 is 1.95 bits per heavy atom. The van der Waals surface area contributed by atoms with Gasteiger partial charge in [-0.05, 0) is 56.1 Å². The van der Waals surface area contributed by atoms with Gasteiger partial charge in [0.15, 0.2) is 0 Å². The first-order chi connectivity index (χ1) is 9.27. The molecule has 0 heterocycles. The van der Waals surface area contributed by atoms with Crippen molar-refractivity contribution in [3.63, 3.8) is 0 Å². The van der Waals surface area contributed by atoms with Gasteiger partial charge in [-0.2, -0.15) is 0 Å². The van der Waals surface area contributed by atoms with Gasteiger partial charge in [-0.15, -0.1) is 0 Å². The van der Waals surface area contributed by atoms with Crippen LogP contribution in [-0.2, 0) is 9.53 Å². The molecular weight excluding hydrogens is 248 g/mol. The molecule has 20 heavy (non-hydrogen) atoms. The van der Waals surface area contributed by atoms with Crippen molar-refractivity contribution in [2.45, 2.75) is 65.4 Å². The van der Waals surface area contributed by atoms with Crippen molar-refractivity contribution in [2.24, 2.45) is 5.41 Å². The summed E-state index contributed by atoms with van der Waals surface area (Å²) in [6.07, 6.45) is 13.3. The molecule has 0 atom stereocenters. The molecule has 0 spiro atoms. The van der Waals surface area contributed by atoms with Crippen LogP contribution >= 0.6 is 0 Å². The fourth-order valence-corrected chi connectivity index (χ4v) is 2.92. The zero-order valence-electron chi connectivity index (χ0n) is 13.2. The molecule has 0 aromatic carbocycles. The fraction of sp³-hybridized carbons (Fsp3) is 0.611. The molecule has 2 nitrogen and oxygen atoms in total.